The van der Waals surface area contributed by atoms with E-state index in [9.17, 15) is 4.79 Å². The Morgan fingerprint density at radius 2 is 2.24 bits per heavy atom. The van der Waals surface area contributed by atoms with Crippen molar-refractivity contribution in [3.63, 3.8) is 0 Å². The zero-order valence-electron chi connectivity index (χ0n) is 14.0. The van der Waals surface area contributed by atoms with Crippen molar-refractivity contribution < 1.29 is 13.9 Å². The highest BCUT2D eigenvalue weighted by Crippen LogP contribution is 2.22. The molecule has 0 unspecified atom stereocenters. The Hall–Kier alpha value is -3.20. The summed E-state index contributed by atoms with van der Waals surface area (Å²) in [5.41, 5.74) is 1.32. The molecule has 0 saturated heterocycles. The lowest BCUT2D eigenvalue weighted by Crippen LogP contribution is -2.31. The molecule has 0 bridgehead atoms. The number of nitrogens with zero attached hydrogens (tertiary/aromatic N) is 2. The van der Waals surface area contributed by atoms with Crippen molar-refractivity contribution in [3.8, 4) is 11.8 Å². The lowest BCUT2D eigenvalue weighted by atomic mass is 10.2. The maximum atomic E-state index is 12.9. The minimum Gasteiger partial charge on any atom is -0.494 e. The first-order valence-corrected chi connectivity index (χ1v) is 8.15. The third kappa shape index (κ3) is 3.83. The highest BCUT2D eigenvalue weighted by Gasteiger charge is 2.19. The fourth-order valence-corrected chi connectivity index (χ4v) is 2.68. The van der Waals surface area contributed by atoms with Crippen LogP contribution in [0.25, 0.3) is 10.9 Å². The summed E-state index contributed by atoms with van der Waals surface area (Å²) in [4.78, 5) is 17.6. The van der Waals surface area contributed by atoms with E-state index in [1.165, 1.54) is 0 Å². The summed E-state index contributed by atoms with van der Waals surface area (Å²) in [5, 5.41) is 9.79. The minimum absolute atomic E-state index is 0.166. The molecule has 0 fully saturated rings. The zero-order valence-corrected chi connectivity index (χ0v) is 14.0. The lowest BCUT2D eigenvalue weighted by Gasteiger charge is -2.19. The van der Waals surface area contributed by atoms with Gasteiger partial charge >= 0.3 is 0 Å². The summed E-state index contributed by atoms with van der Waals surface area (Å²) in [6.45, 7) is 3.18. The standard InChI is InChI=1S/C19H19N3O3/c1-2-24-15-7-6-14-11-18(21-17(14)12-15)19(23)22(9-4-8-20)13-16-5-3-10-25-16/h3,5-7,10-12,21H,2,4,9,13H2,1H3. The number of H-pyrrole nitrogens is 1. The van der Waals surface area contributed by atoms with Crippen LogP contribution in [0.5, 0.6) is 5.75 Å². The molecule has 25 heavy (non-hydrogen) atoms. The van der Waals surface area contributed by atoms with Crippen molar-refractivity contribution in [1.29, 1.82) is 5.26 Å². The monoisotopic (exact) mass is 337 g/mol. The van der Waals surface area contributed by atoms with Gasteiger partial charge in [0, 0.05) is 23.5 Å². The number of aromatic nitrogens is 1. The third-order valence-corrected chi connectivity index (χ3v) is 3.84. The molecule has 0 aliphatic heterocycles. The topological polar surface area (TPSA) is 82.3 Å². The quantitative estimate of drug-likeness (QED) is 0.712. The van der Waals surface area contributed by atoms with Gasteiger partial charge in [-0.2, -0.15) is 5.26 Å². The molecule has 1 amide bonds. The van der Waals surface area contributed by atoms with Gasteiger partial charge in [-0.15, -0.1) is 0 Å². The number of hydrogen-bond donors (Lipinski definition) is 1. The van der Waals surface area contributed by atoms with Crippen LogP contribution in [0.3, 0.4) is 0 Å². The molecule has 128 valence electrons. The smallest absolute Gasteiger partial charge is 0.270 e. The Morgan fingerprint density at radius 3 is 2.96 bits per heavy atom. The van der Waals surface area contributed by atoms with E-state index in [4.69, 9.17) is 14.4 Å². The summed E-state index contributed by atoms with van der Waals surface area (Å²) in [6.07, 6.45) is 1.83. The number of carbonyl (C=O) groups excluding carboxylic acids is 1. The Labute approximate surface area is 145 Å². The summed E-state index contributed by atoms with van der Waals surface area (Å²) in [6, 6.07) is 13.2. The summed E-state index contributed by atoms with van der Waals surface area (Å²) < 4.78 is 10.8. The van der Waals surface area contributed by atoms with Crippen molar-refractivity contribution in [2.45, 2.75) is 19.9 Å². The van der Waals surface area contributed by atoms with Gasteiger partial charge in [-0.05, 0) is 37.3 Å². The molecule has 6 nitrogen and oxygen atoms in total. The highest BCUT2D eigenvalue weighted by atomic mass is 16.5. The molecule has 3 rings (SSSR count). The Bertz CT molecular complexity index is 890. The SMILES string of the molecule is CCOc1ccc2cc(C(=O)N(CCC#N)Cc3ccco3)[nH]c2c1. The van der Waals surface area contributed by atoms with E-state index in [1.807, 2.05) is 37.3 Å². The number of nitriles is 1. The minimum atomic E-state index is -0.166. The van der Waals surface area contributed by atoms with Crippen molar-refractivity contribution in [2.24, 2.45) is 0 Å². The molecule has 1 aromatic carbocycles. The van der Waals surface area contributed by atoms with E-state index in [0.717, 1.165) is 16.7 Å². The molecule has 2 heterocycles. The van der Waals surface area contributed by atoms with Gasteiger partial charge in [0.05, 0.1) is 31.9 Å². The number of furan rings is 1. The van der Waals surface area contributed by atoms with Gasteiger partial charge in [-0.3, -0.25) is 4.79 Å². The van der Waals surface area contributed by atoms with Gasteiger partial charge in [0.25, 0.3) is 5.91 Å². The average molecular weight is 337 g/mol. The Balaban J connectivity index is 1.85. The summed E-state index contributed by atoms with van der Waals surface area (Å²) in [7, 11) is 0. The van der Waals surface area contributed by atoms with Gasteiger partial charge in [0.2, 0.25) is 0 Å². The molecule has 0 aliphatic rings. The maximum absolute atomic E-state index is 12.9. The van der Waals surface area contributed by atoms with Crippen molar-refractivity contribution in [3.05, 3.63) is 54.1 Å². The van der Waals surface area contributed by atoms with Crippen LogP contribution < -0.4 is 4.74 Å². The van der Waals surface area contributed by atoms with E-state index < -0.39 is 0 Å². The molecule has 0 aliphatic carbocycles. The fourth-order valence-electron chi connectivity index (χ4n) is 2.68. The first kappa shape index (κ1) is 16.7. The van der Waals surface area contributed by atoms with Crippen molar-refractivity contribution in [1.82, 2.24) is 9.88 Å². The Morgan fingerprint density at radius 1 is 1.36 bits per heavy atom. The van der Waals surface area contributed by atoms with Gasteiger partial charge in [-0.1, -0.05) is 0 Å². The molecular formula is C19H19N3O3. The zero-order chi connectivity index (χ0) is 17.6. The number of fused-ring (bicyclic) bond motifs is 1. The number of amides is 1. The largest absolute Gasteiger partial charge is 0.494 e. The van der Waals surface area contributed by atoms with Crippen molar-refractivity contribution in [2.75, 3.05) is 13.2 Å². The number of ether oxygens (including phenoxy) is 1. The maximum Gasteiger partial charge on any atom is 0.270 e. The highest BCUT2D eigenvalue weighted by molar-refractivity contribution is 5.98. The summed E-state index contributed by atoms with van der Waals surface area (Å²) in [5.74, 6) is 1.27. The number of nitrogens with one attached hydrogen (secondary N) is 1. The van der Waals surface area contributed by atoms with E-state index in [-0.39, 0.29) is 12.3 Å². The second-order valence-corrected chi connectivity index (χ2v) is 5.58. The van der Waals surface area contributed by atoms with Crippen LogP contribution >= 0.6 is 0 Å². The second-order valence-electron chi connectivity index (χ2n) is 5.58. The predicted molar refractivity (Wildman–Crippen MR) is 93.1 cm³/mol. The fraction of sp³-hybridized carbons (Fsp3) is 0.263. The molecular weight excluding hydrogens is 318 g/mol. The number of benzene rings is 1. The molecule has 6 heteroatoms. The Kier molecular flexibility index (Phi) is 5.05. The number of carbonyl (C=O) groups is 1. The molecule has 0 saturated carbocycles. The average Bonchev–Trinajstić information content (AvgIpc) is 3.27. The number of aromatic amines is 1. The third-order valence-electron chi connectivity index (χ3n) is 3.84. The van der Waals surface area contributed by atoms with Crippen LogP contribution in [0.2, 0.25) is 0 Å². The van der Waals surface area contributed by atoms with E-state index >= 15 is 0 Å². The van der Waals surface area contributed by atoms with Gasteiger partial charge < -0.3 is 19.0 Å². The van der Waals surface area contributed by atoms with Crippen LogP contribution in [0, 0.1) is 11.3 Å². The van der Waals surface area contributed by atoms with Crippen LogP contribution in [-0.4, -0.2) is 28.9 Å². The van der Waals surface area contributed by atoms with Crippen LogP contribution in [0.15, 0.2) is 47.1 Å². The first-order chi connectivity index (χ1) is 12.2. The normalized spacial score (nSPS) is 10.6. The van der Waals surface area contributed by atoms with E-state index in [0.29, 0.717) is 31.2 Å². The number of rotatable bonds is 7. The van der Waals surface area contributed by atoms with Crippen LogP contribution in [0.1, 0.15) is 29.6 Å². The van der Waals surface area contributed by atoms with Gasteiger partial charge in [-0.25, -0.2) is 0 Å². The molecule has 2 aromatic heterocycles. The molecule has 3 aromatic rings. The van der Waals surface area contributed by atoms with Gasteiger partial charge in [0.1, 0.15) is 17.2 Å². The molecule has 1 N–H and O–H groups in total. The van der Waals surface area contributed by atoms with E-state index in [2.05, 4.69) is 11.1 Å². The lowest BCUT2D eigenvalue weighted by molar-refractivity contribution is 0.0730. The van der Waals surface area contributed by atoms with Crippen LogP contribution in [-0.2, 0) is 6.54 Å². The molecule has 0 spiro atoms. The summed E-state index contributed by atoms with van der Waals surface area (Å²) >= 11 is 0. The van der Waals surface area contributed by atoms with Crippen molar-refractivity contribution >= 4 is 16.8 Å². The van der Waals surface area contributed by atoms with Gasteiger partial charge in [0.15, 0.2) is 0 Å². The van der Waals surface area contributed by atoms with E-state index in [1.54, 1.807) is 17.2 Å². The number of hydrogen-bond acceptors (Lipinski definition) is 4. The second kappa shape index (κ2) is 7.58. The predicted octanol–water partition coefficient (Wildman–Crippen LogP) is 3.72. The molecule has 0 atom stereocenters. The first-order valence-electron chi connectivity index (χ1n) is 8.15. The molecule has 0 radical (unpaired) electrons. The van der Waals surface area contributed by atoms with Crippen LogP contribution in [0.4, 0.5) is 0 Å².